The summed E-state index contributed by atoms with van der Waals surface area (Å²) in [5.74, 6) is 1.26. The number of ether oxygens (including phenoxy) is 2. The Morgan fingerprint density at radius 2 is 1.91 bits per heavy atom. The summed E-state index contributed by atoms with van der Waals surface area (Å²) in [6.07, 6.45) is 2.24. The molecule has 1 amide bonds. The maximum atomic E-state index is 11.7. The minimum atomic E-state index is -0.567. The molecule has 4 N–H and O–H groups in total. The zero-order valence-corrected chi connectivity index (χ0v) is 20.7. The number of para-hydroxylation sites is 1. The molecule has 3 aromatic rings. The predicted octanol–water partition coefficient (Wildman–Crippen LogP) is 5.56. The average Bonchev–Trinajstić information content (AvgIpc) is 3.22. The first kappa shape index (κ1) is 24.0. The van der Waals surface area contributed by atoms with Gasteiger partial charge in [0.1, 0.15) is 11.5 Å². The summed E-state index contributed by atoms with van der Waals surface area (Å²) in [7, 11) is 3.13. The van der Waals surface area contributed by atoms with Gasteiger partial charge in [-0.2, -0.15) is 5.10 Å². The fourth-order valence-corrected chi connectivity index (χ4v) is 5.26. The van der Waals surface area contributed by atoms with Gasteiger partial charge in [0.2, 0.25) is 5.91 Å². The molecule has 1 aliphatic rings. The minimum Gasteiger partial charge on any atom is -0.495 e. The van der Waals surface area contributed by atoms with Crippen molar-refractivity contribution >= 4 is 46.2 Å². The van der Waals surface area contributed by atoms with Gasteiger partial charge in [-0.15, -0.1) is 0 Å². The van der Waals surface area contributed by atoms with E-state index in [9.17, 15) is 4.79 Å². The number of anilines is 2. The van der Waals surface area contributed by atoms with E-state index in [1.54, 1.807) is 20.3 Å². The Balaban J connectivity index is 1.66. The zero-order chi connectivity index (χ0) is 24.6. The topological polar surface area (TPSA) is 102 Å². The summed E-state index contributed by atoms with van der Waals surface area (Å²) in [5, 5.41) is 12.1. The van der Waals surface area contributed by atoms with Gasteiger partial charge < -0.3 is 20.5 Å². The van der Waals surface area contributed by atoms with E-state index in [-0.39, 0.29) is 11.5 Å². The number of aryl methyl sites for hydroxylation is 1. The Hall–Kier alpha value is -3.16. The number of carbonyl (C=O) groups excluding carboxylic acids is 1. The number of amides is 1. The van der Waals surface area contributed by atoms with E-state index in [1.165, 1.54) is 0 Å². The Kier molecular flexibility index (Phi) is 6.77. The zero-order valence-electron chi connectivity index (χ0n) is 19.2. The third kappa shape index (κ3) is 4.21. The van der Waals surface area contributed by atoms with Crippen molar-refractivity contribution in [1.82, 2.24) is 10.2 Å². The lowest BCUT2D eigenvalue weighted by molar-refractivity contribution is -0.112. The molecule has 7 nitrogen and oxygen atoms in total. The second-order valence-electron chi connectivity index (χ2n) is 8.26. The molecule has 0 bridgehead atoms. The molecule has 2 aromatic carbocycles. The highest BCUT2D eigenvalue weighted by atomic mass is 35.5. The van der Waals surface area contributed by atoms with Crippen molar-refractivity contribution in [3.8, 4) is 11.5 Å². The van der Waals surface area contributed by atoms with Gasteiger partial charge in [-0.05, 0) is 37.7 Å². The molecule has 34 heavy (non-hydrogen) atoms. The Morgan fingerprint density at radius 3 is 2.53 bits per heavy atom. The summed E-state index contributed by atoms with van der Waals surface area (Å²) in [4.78, 5) is 11.7. The maximum absolute atomic E-state index is 11.7. The number of halogens is 2. The van der Waals surface area contributed by atoms with Crippen LogP contribution in [0.4, 0.5) is 11.5 Å². The lowest BCUT2D eigenvalue weighted by atomic mass is 9.82. The molecule has 1 heterocycles. The number of nitrogens with two attached hydrogens (primary N) is 1. The molecule has 4 rings (SSSR count). The van der Waals surface area contributed by atoms with Crippen LogP contribution in [0.5, 0.6) is 11.5 Å². The van der Waals surface area contributed by atoms with Crippen molar-refractivity contribution in [2.24, 2.45) is 5.73 Å². The van der Waals surface area contributed by atoms with Gasteiger partial charge in [-0.25, -0.2) is 0 Å². The van der Waals surface area contributed by atoms with Gasteiger partial charge in [0.05, 0.1) is 30.0 Å². The van der Waals surface area contributed by atoms with Gasteiger partial charge in [0.15, 0.2) is 5.82 Å². The predicted molar refractivity (Wildman–Crippen MR) is 136 cm³/mol. The largest absolute Gasteiger partial charge is 0.495 e. The summed E-state index contributed by atoms with van der Waals surface area (Å²) in [6, 6.07) is 7.33. The van der Waals surface area contributed by atoms with Crippen LogP contribution in [0.2, 0.25) is 10.0 Å². The van der Waals surface area contributed by atoms with Crippen LogP contribution in [0.25, 0.3) is 5.57 Å². The number of hydrogen-bond acceptors (Lipinski definition) is 5. The molecular weight excluding hydrogens is 475 g/mol. The normalized spacial score (nSPS) is 14.9. The summed E-state index contributed by atoms with van der Waals surface area (Å²) in [6.45, 7) is 5.80. The van der Waals surface area contributed by atoms with Gasteiger partial charge >= 0.3 is 0 Å². The smallest absolute Gasteiger partial charge is 0.248 e. The van der Waals surface area contributed by atoms with E-state index < -0.39 is 5.91 Å². The Labute approximate surface area is 208 Å². The summed E-state index contributed by atoms with van der Waals surface area (Å²) < 4.78 is 10.9. The van der Waals surface area contributed by atoms with Crippen molar-refractivity contribution in [1.29, 1.82) is 0 Å². The van der Waals surface area contributed by atoms with E-state index >= 15 is 0 Å². The number of rotatable bonds is 7. The molecule has 0 fully saturated rings. The number of aromatic nitrogens is 2. The molecule has 0 saturated carbocycles. The fourth-order valence-electron chi connectivity index (χ4n) is 4.46. The molecule has 1 aromatic heterocycles. The number of primary amides is 1. The van der Waals surface area contributed by atoms with Gasteiger partial charge in [-0.3, -0.25) is 9.89 Å². The fraction of sp³-hybridized carbons (Fsp3) is 0.280. The van der Waals surface area contributed by atoms with Crippen LogP contribution in [0.1, 0.15) is 40.3 Å². The second kappa shape index (κ2) is 9.60. The molecule has 178 valence electrons. The lowest BCUT2D eigenvalue weighted by Crippen LogP contribution is -2.15. The van der Waals surface area contributed by atoms with Crippen molar-refractivity contribution in [3.05, 3.63) is 68.8 Å². The molecule has 0 aliphatic heterocycles. The highest BCUT2D eigenvalue weighted by molar-refractivity contribution is 6.38. The van der Waals surface area contributed by atoms with Crippen LogP contribution in [0, 0.1) is 6.92 Å². The van der Waals surface area contributed by atoms with Crippen molar-refractivity contribution in [2.75, 3.05) is 19.5 Å². The van der Waals surface area contributed by atoms with Gasteiger partial charge in [0, 0.05) is 34.0 Å². The molecule has 0 radical (unpaired) electrons. The molecule has 1 unspecified atom stereocenters. The highest BCUT2D eigenvalue weighted by Crippen LogP contribution is 2.47. The Bertz CT molecular complexity index is 1260. The first-order chi connectivity index (χ1) is 16.3. The monoisotopic (exact) mass is 500 g/mol. The number of methoxy groups -OCH3 is 2. The quantitative estimate of drug-likeness (QED) is 0.368. The number of benzene rings is 2. The number of nitrogens with one attached hydrogen (secondary N) is 2. The van der Waals surface area contributed by atoms with Gasteiger partial charge in [0.25, 0.3) is 0 Å². The average molecular weight is 501 g/mol. The van der Waals surface area contributed by atoms with Crippen LogP contribution in [0.3, 0.4) is 0 Å². The highest BCUT2D eigenvalue weighted by Gasteiger charge is 2.30. The molecular formula is C25H26Cl2N4O3. The van der Waals surface area contributed by atoms with Crippen molar-refractivity contribution in [2.45, 2.75) is 32.1 Å². The Morgan fingerprint density at radius 1 is 1.24 bits per heavy atom. The maximum Gasteiger partial charge on any atom is 0.248 e. The SMILES string of the molecule is C=C(C(N)=O)c1cccc(C)c1Nc1n[nH]c2c1CCC(c1c(Cl)c(OC)cc(OC)c1Cl)C2. The third-order valence-corrected chi connectivity index (χ3v) is 7.08. The number of carbonyl (C=O) groups is 1. The van der Waals surface area contributed by atoms with E-state index in [4.69, 9.17) is 38.4 Å². The van der Waals surface area contributed by atoms with Crippen LogP contribution >= 0.6 is 23.2 Å². The van der Waals surface area contributed by atoms with E-state index in [2.05, 4.69) is 22.1 Å². The summed E-state index contributed by atoms with van der Waals surface area (Å²) >= 11 is 13.3. The number of fused-ring (bicyclic) bond motifs is 1. The lowest BCUT2D eigenvalue weighted by Gasteiger charge is -2.26. The van der Waals surface area contributed by atoms with Gasteiger partial charge in [-0.1, -0.05) is 48.0 Å². The number of aromatic amines is 1. The first-order valence-electron chi connectivity index (χ1n) is 10.8. The third-order valence-electron chi connectivity index (χ3n) is 6.30. The number of H-pyrrole nitrogens is 1. The molecule has 1 atom stereocenters. The standard InChI is InChI=1S/C25H26Cl2N4O3/c1-12-6-5-7-15(13(2)24(28)32)23(12)29-25-16-9-8-14(10-17(16)30-31-25)20-21(26)18(33-3)11-19(34-4)22(20)27/h5-7,11,14H,2,8-10H2,1,3-4H3,(H2,28,32)(H2,29,30,31). The van der Waals surface area contributed by atoms with Crippen LogP contribution in [-0.2, 0) is 17.6 Å². The molecule has 9 heteroatoms. The van der Waals surface area contributed by atoms with Crippen molar-refractivity contribution < 1.29 is 14.3 Å². The second-order valence-corrected chi connectivity index (χ2v) is 9.01. The van der Waals surface area contributed by atoms with Crippen molar-refractivity contribution in [3.63, 3.8) is 0 Å². The van der Waals surface area contributed by atoms with E-state index in [0.29, 0.717) is 39.3 Å². The van der Waals surface area contributed by atoms with E-state index in [1.807, 2.05) is 25.1 Å². The van der Waals surface area contributed by atoms with E-state index in [0.717, 1.165) is 40.9 Å². The molecule has 1 aliphatic carbocycles. The van der Waals surface area contributed by atoms with Crippen LogP contribution in [0.15, 0.2) is 30.8 Å². The van der Waals surface area contributed by atoms with Crippen LogP contribution in [-0.4, -0.2) is 30.3 Å². The van der Waals surface area contributed by atoms with Crippen LogP contribution < -0.4 is 20.5 Å². The number of hydrogen-bond donors (Lipinski definition) is 3. The summed E-state index contributed by atoms with van der Waals surface area (Å²) in [5.41, 5.74) is 11.0. The molecule has 0 saturated heterocycles. The molecule has 0 spiro atoms. The first-order valence-corrected chi connectivity index (χ1v) is 11.5. The minimum absolute atomic E-state index is 0.0634. The number of nitrogens with zero attached hydrogens (tertiary/aromatic N) is 1.